The van der Waals surface area contributed by atoms with Crippen molar-refractivity contribution in [3.63, 3.8) is 0 Å². The van der Waals surface area contributed by atoms with Gasteiger partial charge in [-0.25, -0.2) is 0 Å². The van der Waals surface area contributed by atoms with E-state index in [0.29, 0.717) is 5.54 Å². The Hall–Kier alpha value is -0.0800. The van der Waals surface area contributed by atoms with Gasteiger partial charge in [0.2, 0.25) is 0 Å². The maximum atomic E-state index is 3.68. The van der Waals surface area contributed by atoms with Gasteiger partial charge in [-0.1, -0.05) is 58.8 Å². The molecule has 0 spiro atoms. The maximum Gasteiger partial charge on any atom is 0.0252 e. The fourth-order valence-corrected chi connectivity index (χ4v) is 3.33. The minimum absolute atomic E-state index is 0.297. The standard InChI is InChI=1S/C18H38N2/c1-5-7-8-9-10-11-12-13-14-20-16-18(3,4)19-15-17(20)6-2/h17,19H,5-16H2,1-4H3. The van der Waals surface area contributed by atoms with Crippen molar-refractivity contribution in [3.8, 4) is 0 Å². The summed E-state index contributed by atoms with van der Waals surface area (Å²) in [5.74, 6) is 0. The van der Waals surface area contributed by atoms with Crippen molar-refractivity contribution in [2.24, 2.45) is 0 Å². The number of piperazine rings is 1. The van der Waals surface area contributed by atoms with Crippen LogP contribution in [0.3, 0.4) is 0 Å². The first kappa shape index (κ1) is 18.0. The van der Waals surface area contributed by atoms with Crippen LogP contribution in [-0.2, 0) is 0 Å². The zero-order valence-corrected chi connectivity index (χ0v) is 14.5. The Morgan fingerprint density at radius 1 is 0.950 bits per heavy atom. The van der Waals surface area contributed by atoms with E-state index in [1.165, 1.54) is 77.4 Å². The van der Waals surface area contributed by atoms with Gasteiger partial charge in [0.05, 0.1) is 0 Å². The van der Waals surface area contributed by atoms with Gasteiger partial charge in [-0.3, -0.25) is 4.90 Å². The number of nitrogens with one attached hydrogen (secondary N) is 1. The second kappa shape index (κ2) is 9.78. The van der Waals surface area contributed by atoms with E-state index in [-0.39, 0.29) is 0 Å². The number of rotatable bonds is 10. The molecule has 2 nitrogen and oxygen atoms in total. The first-order valence-electron chi connectivity index (χ1n) is 9.08. The van der Waals surface area contributed by atoms with Crippen molar-refractivity contribution >= 4 is 0 Å². The molecule has 0 amide bonds. The lowest BCUT2D eigenvalue weighted by atomic mass is 9.97. The van der Waals surface area contributed by atoms with Gasteiger partial charge in [0.25, 0.3) is 0 Å². The van der Waals surface area contributed by atoms with Crippen LogP contribution in [0.4, 0.5) is 0 Å². The highest BCUT2D eigenvalue weighted by molar-refractivity contribution is 4.91. The van der Waals surface area contributed by atoms with E-state index in [2.05, 4.69) is 37.9 Å². The maximum absolute atomic E-state index is 3.68. The lowest BCUT2D eigenvalue weighted by Gasteiger charge is -2.44. The van der Waals surface area contributed by atoms with E-state index in [4.69, 9.17) is 0 Å². The molecule has 0 aromatic heterocycles. The first-order chi connectivity index (χ1) is 9.59. The van der Waals surface area contributed by atoms with Crippen LogP contribution < -0.4 is 5.32 Å². The van der Waals surface area contributed by atoms with Crippen LogP contribution in [0.5, 0.6) is 0 Å². The highest BCUT2D eigenvalue weighted by Crippen LogP contribution is 2.18. The number of hydrogen-bond donors (Lipinski definition) is 1. The van der Waals surface area contributed by atoms with Crippen LogP contribution >= 0.6 is 0 Å². The first-order valence-corrected chi connectivity index (χ1v) is 9.08. The minimum atomic E-state index is 0.297. The van der Waals surface area contributed by atoms with E-state index in [0.717, 1.165) is 6.04 Å². The number of nitrogens with zero attached hydrogens (tertiary/aromatic N) is 1. The van der Waals surface area contributed by atoms with Crippen LogP contribution in [-0.4, -0.2) is 36.1 Å². The summed E-state index contributed by atoms with van der Waals surface area (Å²) in [5.41, 5.74) is 0.297. The van der Waals surface area contributed by atoms with Crippen LogP contribution in [0.1, 0.15) is 85.5 Å². The Labute approximate surface area is 127 Å². The van der Waals surface area contributed by atoms with Crippen molar-refractivity contribution < 1.29 is 0 Å². The Kier molecular flexibility index (Phi) is 8.79. The van der Waals surface area contributed by atoms with Gasteiger partial charge in [0.1, 0.15) is 0 Å². The van der Waals surface area contributed by atoms with E-state index in [9.17, 15) is 0 Å². The summed E-state index contributed by atoms with van der Waals surface area (Å²) in [6.45, 7) is 13.0. The lowest BCUT2D eigenvalue weighted by molar-refractivity contribution is 0.0908. The van der Waals surface area contributed by atoms with Gasteiger partial charge in [-0.05, 0) is 33.2 Å². The Bertz CT molecular complexity index is 238. The molecular weight excluding hydrogens is 244 g/mol. The smallest absolute Gasteiger partial charge is 0.0252 e. The number of unbranched alkanes of at least 4 members (excludes halogenated alkanes) is 7. The van der Waals surface area contributed by atoms with Crippen molar-refractivity contribution in [2.75, 3.05) is 19.6 Å². The second-order valence-corrected chi connectivity index (χ2v) is 7.27. The average molecular weight is 283 g/mol. The third kappa shape index (κ3) is 7.08. The zero-order valence-electron chi connectivity index (χ0n) is 14.5. The van der Waals surface area contributed by atoms with E-state index < -0.39 is 0 Å². The molecule has 1 unspecified atom stereocenters. The SMILES string of the molecule is CCCCCCCCCCN1CC(C)(C)NCC1CC. The molecule has 20 heavy (non-hydrogen) atoms. The fourth-order valence-electron chi connectivity index (χ4n) is 3.33. The summed E-state index contributed by atoms with van der Waals surface area (Å²) in [6, 6.07) is 0.757. The predicted molar refractivity (Wildman–Crippen MR) is 90.3 cm³/mol. The predicted octanol–water partition coefficient (Wildman–Crippen LogP) is 4.59. The summed E-state index contributed by atoms with van der Waals surface area (Å²) < 4.78 is 0. The van der Waals surface area contributed by atoms with Crippen molar-refractivity contribution in [1.29, 1.82) is 0 Å². The summed E-state index contributed by atoms with van der Waals surface area (Å²) in [4.78, 5) is 2.73. The van der Waals surface area contributed by atoms with Crippen molar-refractivity contribution in [3.05, 3.63) is 0 Å². The molecule has 1 aliphatic rings. The molecule has 0 aromatic carbocycles. The van der Waals surface area contributed by atoms with Crippen LogP contribution in [0.25, 0.3) is 0 Å². The fraction of sp³-hybridized carbons (Fsp3) is 1.00. The summed E-state index contributed by atoms with van der Waals surface area (Å²) in [5, 5.41) is 3.68. The zero-order chi connectivity index (χ0) is 14.8. The van der Waals surface area contributed by atoms with Gasteiger partial charge in [0, 0.05) is 24.7 Å². The van der Waals surface area contributed by atoms with Gasteiger partial charge >= 0.3 is 0 Å². The van der Waals surface area contributed by atoms with Crippen LogP contribution in [0.2, 0.25) is 0 Å². The third-order valence-electron chi connectivity index (χ3n) is 4.70. The molecule has 1 saturated heterocycles. The molecule has 0 radical (unpaired) electrons. The quantitative estimate of drug-likeness (QED) is 0.590. The van der Waals surface area contributed by atoms with Gasteiger partial charge < -0.3 is 5.32 Å². The Morgan fingerprint density at radius 3 is 2.15 bits per heavy atom. The molecule has 0 aliphatic carbocycles. The molecule has 0 aromatic rings. The minimum Gasteiger partial charge on any atom is -0.309 e. The Balaban J connectivity index is 2.09. The monoisotopic (exact) mass is 282 g/mol. The summed E-state index contributed by atoms with van der Waals surface area (Å²) >= 11 is 0. The highest BCUT2D eigenvalue weighted by Gasteiger charge is 2.30. The average Bonchev–Trinajstić information content (AvgIpc) is 2.41. The third-order valence-corrected chi connectivity index (χ3v) is 4.70. The van der Waals surface area contributed by atoms with Crippen molar-refractivity contribution in [1.82, 2.24) is 10.2 Å². The van der Waals surface area contributed by atoms with Gasteiger partial charge in [0.15, 0.2) is 0 Å². The molecule has 0 saturated carbocycles. The molecule has 1 aliphatic heterocycles. The highest BCUT2D eigenvalue weighted by atomic mass is 15.2. The normalized spacial score (nSPS) is 23.1. The molecular formula is C18H38N2. The van der Waals surface area contributed by atoms with Crippen LogP contribution in [0.15, 0.2) is 0 Å². The lowest BCUT2D eigenvalue weighted by Crippen LogP contribution is -2.61. The van der Waals surface area contributed by atoms with E-state index in [1.54, 1.807) is 0 Å². The molecule has 1 heterocycles. The van der Waals surface area contributed by atoms with E-state index >= 15 is 0 Å². The van der Waals surface area contributed by atoms with Crippen molar-refractivity contribution in [2.45, 2.75) is 97.1 Å². The topological polar surface area (TPSA) is 15.3 Å². The van der Waals surface area contributed by atoms with E-state index in [1.807, 2.05) is 0 Å². The molecule has 120 valence electrons. The molecule has 1 atom stereocenters. The molecule has 1 fully saturated rings. The molecule has 0 bridgehead atoms. The summed E-state index contributed by atoms with van der Waals surface area (Å²) in [7, 11) is 0. The molecule has 1 N–H and O–H groups in total. The molecule has 2 heteroatoms. The number of hydrogen-bond acceptors (Lipinski definition) is 2. The molecule has 1 rings (SSSR count). The largest absolute Gasteiger partial charge is 0.309 e. The van der Waals surface area contributed by atoms with Crippen LogP contribution in [0, 0.1) is 0 Å². The van der Waals surface area contributed by atoms with Gasteiger partial charge in [-0.15, -0.1) is 0 Å². The summed E-state index contributed by atoms with van der Waals surface area (Å²) in [6.07, 6.45) is 12.7. The second-order valence-electron chi connectivity index (χ2n) is 7.27. The van der Waals surface area contributed by atoms with Gasteiger partial charge in [-0.2, -0.15) is 0 Å². The Morgan fingerprint density at radius 2 is 1.55 bits per heavy atom.